The highest BCUT2D eigenvalue weighted by atomic mass is 35.5. The van der Waals surface area contributed by atoms with E-state index in [4.69, 9.17) is 21.1 Å². The fraction of sp³-hybridized carbons (Fsp3) is 0.364. The third-order valence-electron chi connectivity index (χ3n) is 5.57. The van der Waals surface area contributed by atoms with Crippen molar-refractivity contribution in [1.82, 2.24) is 25.1 Å². The lowest BCUT2D eigenvalue weighted by Crippen LogP contribution is -2.32. The Kier molecular flexibility index (Phi) is 6.18. The normalized spacial score (nSPS) is 17.9. The van der Waals surface area contributed by atoms with Crippen molar-refractivity contribution >= 4 is 29.3 Å². The van der Waals surface area contributed by atoms with Crippen LogP contribution in [0.3, 0.4) is 0 Å². The van der Waals surface area contributed by atoms with Crippen LogP contribution in [0.25, 0.3) is 5.69 Å². The van der Waals surface area contributed by atoms with Crippen LogP contribution in [0.1, 0.15) is 30.9 Å². The van der Waals surface area contributed by atoms with Crippen molar-refractivity contribution in [2.24, 2.45) is 0 Å². The molecule has 8 nitrogen and oxygen atoms in total. The summed E-state index contributed by atoms with van der Waals surface area (Å²) in [6.07, 6.45) is 2.77. The number of nitrogens with zero attached hydrogens (tertiary/aromatic N) is 5. The lowest BCUT2D eigenvalue weighted by molar-refractivity contribution is -0.129. The van der Waals surface area contributed by atoms with Gasteiger partial charge in [-0.2, -0.15) is 4.68 Å². The molecule has 0 bridgehead atoms. The molecular formula is C22H22ClN5O3S. The Balaban J connectivity index is 1.28. The molecule has 0 spiro atoms. The van der Waals surface area contributed by atoms with E-state index in [-0.39, 0.29) is 17.7 Å². The minimum absolute atomic E-state index is 0.0347. The third kappa shape index (κ3) is 4.40. The number of tetrazole rings is 1. The van der Waals surface area contributed by atoms with E-state index in [1.54, 1.807) is 16.8 Å². The smallest absolute Gasteiger partial charge is 0.233 e. The van der Waals surface area contributed by atoms with Gasteiger partial charge in [0.15, 0.2) is 11.5 Å². The molecule has 2 aliphatic rings. The van der Waals surface area contributed by atoms with Gasteiger partial charge in [-0.15, -0.1) is 5.10 Å². The van der Waals surface area contributed by atoms with E-state index in [9.17, 15) is 4.79 Å². The average molecular weight is 472 g/mol. The Bertz CT molecular complexity index is 1110. The number of benzene rings is 2. The first-order valence-corrected chi connectivity index (χ1v) is 11.9. The summed E-state index contributed by atoms with van der Waals surface area (Å²) in [5.74, 6) is 1.85. The monoisotopic (exact) mass is 471 g/mol. The molecule has 0 unspecified atom stereocenters. The second kappa shape index (κ2) is 9.38. The number of halogens is 1. The maximum atomic E-state index is 13.1. The highest BCUT2D eigenvalue weighted by Gasteiger charge is 2.31. The van der Waals surface area contributed by atoms with Gasteiger partial charge in [0.25, 0.3) is 0 Å². The Labute approximate surface area is 194 Å². The molecule has 0 N–H and O–H groups in total. The third-order valence-corrected chi connectivity index (χ3v) is 6.72. The Hall–Kier alpha value is -2.78. The van der Waals surface area contributed by atoms with Crippen molar-refractivity contribution in [2.45, 2.75) is 30.5 Å². The van der Waals surface area contributed by atoms with Gasteiger partial charge in [-0.05, 0) is 65.2 Å². The molecule has 0 saturated carbocycles. The Morgan fingerprint density at radius 3 is 2.75 bits per heavy atom. The number of rotatable bonds is 5. The summed E-state index contributed by atoms with van der Waals surface area (Å²) >= 11 is 7.30. The predicted molar refractivity (Wildman–Crippen MR) is 121 cm³/mol. The van der Waals surface area contributed by atoms with Crippen LogP contribution in [0.5, 0.6) is 11.5 Å². The van der Waals surface area contributed by atoms with Gasteiger partial charge in [-0.3, -0.25) is 4.79 Å². The van der Waals surface area contributed by atoms with Gasteiger partial charge in [-0.25, -0.2) is 0 Å². The summed E-state index contributed by atoms with van der Waals surface area (Å²) in [4.78, 5) is 15.1. The second-order valence-corrected chi connectivity index (χ2v) is 9.02. The maximum Gasteiger partial charge on any atom is 0.233 e. The summed E-state index contributed by atoms with van der Waals surface area (Å²) in [7, 11) is 0. The summed E-state index contributed by atoms with van der Waals surface area (Å²) in [5.41, 5.74) is 1.87. The van der Waals surface area contributed by atoms with E-state index in [1.807, 2.05) is 35.2 Å². The van der Waals surface area contributed by atoms with Gasteiger partial charge in [0, 0.05) is 18.0 Å². The van der Waals surface area contributed by atoms with Crippen LogP contribution in [-0.2, 0) is 4.79 Å². The molecule has 2 aliphatic heterocycles. The van der Waals surface area contributed by atoms with Crippen LogP contribution in [0.2, 0.25) is 5.02 Å². The summed E-state index contributed by atoms with van der Waals surface area (Å²) < 4.78 is 13.2. The van der Waals surface area contributed by atoms with Crippen molar-refractivity contribution < 1.29 is 14.3 Å². The number of likely N-dealkylation sites (tertiary alicyclic amines) is 1. The molecule has 1 aromatic heterocycles. The summed E-state index contributed by atoms with van der Waals surface area (Å²) in [6, 6.07) is 13.3. The number of carbonyl (C=O) groups is 1. The van der Waals surface area contributed by atoms with Gasteiger partial charge in [0.1, 0.15) is 0 Å². The van der Waals surface area contributed by atoms with Crippen LogP contribution in [0.4, 0.5) is 0 Å². The lowest BCUT2D eigenvalue weighted by Gasteiger charge is -2.25. The van der Waals surface area contributed by atoms with Gasteiger partial charge < -0.3 is 14.4 Å². The minimum atomic E-state index is 0.0347. The summed E-state index contributed by atoms with van der Waals surface area (Å²) in [5, 5.41) is 13.1. The van der Waals surface area contributed by atoms with E-state index in [0.717, 1.165) is 48.6 Å². The fourth-order valence-electron chi connectivity index (χ4n) is 4.02. The number of hydrogen-bond acceptors (Lipinski definition) is 7. The van der Waals surface area contributed by atoms with E-state index >= 15 is 0 Å². The number of hydrogen-bond donors (Lipinski definition) is 0. The van der Waals surface area contributed by atoms with Crippen LogP contribution < -0.4 is 9.47 Å². The van der Waals surface area contributed by atoms with E-state index in [0.29, 0.717) is 23.4 Å². The van der Waals surface area contributed by atoms with E-state index in [1.165, 1.54) is 11.8 Å². The molecule has 1 amide bonds. The number of fused-ring (bicyclic) bond motifs is 1. The molecular weight excluding hydrogens is 450 g/mol. The summed E-state index contributed by atoms with van der Waals surface area (Å²) in [6.45, 7) is 2.04. The number of ether oxygens (including phenoxy) is 2. The van der Waals surface area contributed by atoms with Crippen LogP contribution in [0.15, 0.2) is 47.6 Å². The lowest BCUT2D eigenvalue weighted by atomic mass is 10.0. The topological polar surface area (TPSA) is 82.4 Å². The van der Waals surface area contributed by atoms with Crippen LogP contribution in [0, 0.1) is 0 Å². The minimum Gasteiger partial charge on any atom is -0.490 e. The Morgan fingerprint density at radius 1 is 1.09 bits per heavy atom. The zero-order valence-corrected chi connectivity index (χ0v) is 18.9. The SMILES string of the molecule is O=C(CSc1nnnn1-c1ccc(Cl)cc1)N1CCC[C@H]1c1ccc2c(c1)OCCCO2. The predicted octanol–water partition coefficient (Wildman–Crippen LogP) is 3.93. The number of amides is 1. The van der Waals surface area contributed by atoms with E-state index < -0.39 is 0 Å². The van der Waals surface area contributed by atoms with Crippen molar-refractivity contribution in [3.63, 3.8) is 0 Å². The van der Waals surface area contributed by atoms with Gasteiger partial charge in [0.05, 0.1) is 30.7 Å². The van der Waals surface area contributed by atoms with Crippen LogP contribution >= 0.6 is 23.4 Å². The fourth-order valence-corrected chi connectivity index (χ4v) is 4.92. The zero-order chi connectivity index (χ0) is 21.9. The van der Waals surface area contributed by atoms with Gasteiger partial charge >= 0.3 is 0 Å². The first-order valence-electron chi connectivity index (χ1n) is 10.6. The van der Waals surface area contributed by atoms with Gasteiger partial charge in [-0.1, -0.05) is 29.4 Å². The molecule has 166 valence electrons. The molecule has 5 rings (SSSR count). The van der Waals surface area contributed by atoms with Crippen LogP contribution in [-0.4, -0.2) is 56.5 Å². The maximum absolute atomic E-state index is 13.1. The molecule has 1 atom stereocenters. The molecule has 2 aromatic carbocycles. The molecule has 10 heteroatoms. The highest BCUT2D eigenvalue weighted by molar-refractivity contribution is 7.99. The molecule has 0 aliphatic carbocycles. The highest BCUT2D eigenvalue weighted by Crippen LogP contribution is 2.38. The molecule has 1 saturated heterocycles. The standard InChI is InChI=1S/C22H22ClN5O3S/c23-16-5-7-17(8-6-16)28-22(24-25-26-28)32-14-21(29)27-10-1-3-18(27)15-4-9-19-20(13-15)31-12-2-11-30-19/h4-9,13,18H,1-3,10-12,14H2/t18-/m0/s1. The first kappa shape index (κ1) is 21.1. The molecule has 1 fully saturated rings. The van der Waals surface area contributed by atoms with Crippen molar-refractivity contribution in [1.29, 1.82) is 0 Å². The molecule has 3 aromatic rings. The molecule has 3 heterocycles. The quantitative estimate of drug-likeness (QED) is 0.521. The molecule has 32 heavy (non-hydrogen) atoms. The van der Waals surface area contributed by atoms with Crippen molar-refractivity contribution in [3.8, 4) is 17.2 Å². The average Bonchev–Trinajstić information content (AvgIpc) is 3.43. The number of carbonyl (C=O) groups excluding carboxylic acids is 1. The molecule has 0 radical (unpaired) electrons. The number of aromatic nitrogens is 4. The zero-order valence-electron chi connectivity index (χ0n) is 17.3. The largest absolute Gasteiger partial charge is 0.490 e. The first-order chi connectivity index (χ1) is 15.7. The van der Waals surface area contributed by atoms with Crippen molar-refractivity contribution in [2.75, 3.05) is 25.5 Å². The van der Waals surface area contributed by atoms with E-state index in [2.05, 4.69) is 15.5 Å². The van der Waals surface area contributed by atoms with Crippen molar-refractivity contribution in [3.05, 3.63) is 53.1 Å². The second-order valence-electron chi connectivity index (χ2n) is 7.64. The Morgan fingerprint density at radius 2 is 1.91 bits per heavy atom. The number of thioether (sulfide) groups is 1. The van der Waals surface area contributed by atoms with Gasteiger partial charge in [0.2, 0.25) is 11.1 Å².